The Labute approximate surface area is 151 Å². The number of amides is 1. The van der Waals surface area contributed by atoms with Gasteiger partial charge in [0.1, 0.15) is 5.82 Å². The molecular weight excluding hydrogens is 329 g/mol. The maximum absolute atomic E-state index is 13.1. The van der Waals surface area contributed by atoms with Gasteiger partial charge in [0.05, 0.1) is 12.2 Å². The summed E-state index contributed by atoms with van der Waals surface area (Å²) in [5.41, 5.74) is 2.85. The molecule has 0 N–H and O–H groups in total. The molecule has 0 saturated carbocycles. The molecule has 1 heterocycles. The molecule has 4 nitrogen and oxygen atoms in total. The fourth-order valence-electron chi connectivity index (χ4n) is 2.69. The van der Waals surface area contributed by atoms with Crippen LogP contribution < -0.4 is 0 Å². The Balaban J connectivity index is 1.86. The minimum atomic E-state index is -0.319. The van der Waals surface area contributed by atoms with Crippen LogP contribution in [0.3, 0.4) is 0 Å². The predicted octanol–water partition coefficient (Wildman–Crippen LogP) is 3.60. The first-order chi connectivity index (χ1) is 12.6. The molecule has 0 fully saturated rings. The number of nitrogens with zero attached hydrogens (tertiary/aromatic N) is 3. The maximum atomic E-state index is 13.1. The van der Waals surface area contributed by atoms with E-state index < -0.39 is 0 Å². The molecule has 0 saturated heterocycles. The first kappa shape index (κ1) is 17.4. The summed E-state index contributed by atoms with van der Waals surface area (Å²) in [5.74, 6) is 1.92. The zero-order valence-electron chi connectivity index (χ0n) is 14.4. The molecule has 26 heavy (non-hydrogen) atoms. The highest BCUT2D eigenvalue weighted by Gasteiger charge is 2.20. The topological polar surface area (TPSA) is 38.1 Å². The molecule has 1 amide bonds. The van der Waals surface area contributed by atoms with Crippen LogP contribution >= 0.6 is 0 Å². The van der Waals surface area contributed by atoms with Crippen molar-refractivity contribution in [1.29, 1.82) is 0 Å². The van der Waals surface area contributed by atoms with Crippen LogP contribution in [0.4, 0.5) is 4.39 Å². The number of hydrogen-bond donors (Lipinski definition) is 0. The largest absolute Gasteiger partial charge is 0.322 e. The first-order valence-electron chi connectivity index (χ1n) is 8.18. The molecule has 0 aliphatic carbocycles. The standard InChI is InChI=1S/C21H18FN3O/c1-3-13-24(15-17-9-11-18(22)12-10-17)21(26)20-14-16(2)25(23-20)19-7-5-4-6-8-19/h1,4-12,14H,13,15H2,2H3. The lowest BCUT2D eigenvalue weighted by Gasteiger charge is -2.19. The fourth-order valence-corrected chi connectivity index (χ4v) is 2.69. The summed E-state index contributed by atoms with van der Waals surface area (Å²) in [5, 5.41) is 4.44. The lowest BCUT2D eigenvalue weighted by molar-refractivity contribution is 0.0759. The molecule has 0 bridgehead atoms. The van der Waals surface area contributed by atoms with E-state index in [9.17, 15) is 9.18 Å². The molecule has 0 spiro atoms. The Bertz CT molecular complexity index is 940. The third-order valence-electron chi connectivity index (χ3n) is 3.96. The highest BCUT2D eigenvalue weighted by atomic mass is 19.1. The lowest BCUT2D eigenvalue weighted by atomic mass is 10.2. The van der Waals surface area contributed by atoms with Gasteiger partial charge in [0.15, 0.2) is 5.69 Å². The second-order valence-corrected chi connectivity index (χ2v) is 5.91. The molecule has 0 atom stereocenters. The molecule has 3 aromatic rings. The molecular formula is C21H18FN3O. The SMILES string of the molecule is C#CCN(Cc1ccc(F)cc1)C(=O)c1cc(C)n(-c2ccccc2)n1. The highest BCUT2D eigenvalue weighted by molar-refractivity contribution is 5.92. The number of benzene rings is 2. The van der Waals surface area contributed by atoms with E-state index in [4.69, 9.17) is 6.42 Å². The molecule has 5 heteroatoms. The number of hydrogen-bond acceptors (Lipinski definition) is 2. The summed E-state index contributed by atoms with van der Waals surface area (Å²) in [6, 6.07) is 17.3. The fraction of sp³-hybridized carbons (Fsp3) is 0.143. The summed E-state index contributed by atoms with van der Waals surface area (Å²) in [7, 11) is 0. The molecule has 1 aromatic heterocycles. The van der Waals surface area contributed by atoms with Crippen molar-refractivity contribution in [2.45, 2.75) is 13.5 Å². The summed E-state index contributed by atoms with van der Waals surface area (Å²) in [6.07, 6.45) is 5.42. The van der Waals surface area contributed by atoms with Gasteiger partial charge in [-0.05, 0) is 42.8 Å². The van der Waals surface area contributed by atoms with E-state index >= 15 is 0 Å². The summed E-state index contributed by atoms with van der Waals surface area (Å²) < 4.78 is 14.8. The van der Waals surface area contributed by atoms with Crippen LogP contribution in [-0.4, -0.2) is 27.1 Å². The van der Waals surface area contributed by atoms with Gasteiger partial charge in [0.25, 0.3) is 5.91 Å². The Kier molecular flexibility index (Phi) is 5.14. The van der Waals surface area contributed by atoms with Gasteiger partial charge in [-0.3, -0.25) is 4.79 Å². The van der Waals surface area contributed by atoms with Gasteiger partial charge in [-0.15, -0.1) is 6.42 Å². The minimum absolute atomic E-state index is 0.146. The van der Waals surface area contributed by atoms with E-state index in [1.165, 1.54) is 17.0 Å². The van der Waals surface area contributed by atoms with Gasteiger partial charge in [-0.25, -0.2) is 9.07 Å². The normalized spacial score (nSPS) is 10.3. The van der Waals surface area contributed by atoms with Crippen LogP contribution in [0.15, 0.2) is 60.7 Å². The Hall–Kier alpha value is -3.39. The van der Waals surface area contributed by atoms with E-state index in [0.717, 1.165) is 16.9 Å². The van der Waals surface area contributed by atoms with Crippen molar-refractivity contribution < 1.29 is 9.18 Å². The Morgan fingerprint density at radius 2 is 1.88 bits per heavy atom. The number of rotatable bonds is 5. The van der Waals surface area contributed by atoms with Crippen LogP contribution in [-0.2, 0) is 6.54 Å². The molecule has 130 valence electrons. The summed E-state index contributed by atoms with van der Waals surface area (Å²) in [6.45, 7) is 2.33. The molecule has 0 aliphatic rings. The number of aryl methyl sites for hydroxylation is 1. The van der Waals surface area contributed by atoms with Gasteiger partial charge in [-0.2, -0.15) is 5.10 Å². The maximum Gasteiger partial charge on any atom is 0.275 e. The lowest BCUT2D eigenvalue weighted by Crippen LogP contribution is -2.31. The smallest absolute Gasteiger partial charge is 0.275 e. The van der Waals surface area contributed by atoms with Gasteiger partial charge in [0, 0.05) is 12.2 Å². The molecule has 2 aromatic carbocycles. The molecule has 0 unspecified atom stereocenters. The predicted molar refractivity (Wildman–Crippen MR) is 98.3 cm³/mol. The van der Waals surface area contributed by atoms with Crippen LogP contribution in [0.1, 0.15) is 21.7 Å². The first-order valence-corrected chi connectivity index (χ1v) is 8.18. The third kappa shape index (κ3) is 3.81. The third-order valence-corrected chi connectivity index (χ3v) is 3.96. The number of terminal acetylenes is 1. The van der Waals surface area contributed by atoms with Crippen LogP contribution in [0, 0.1) is 25.1 Å². The van der Waals surface area contributed by atoms with Crippen molar-refractivity contribution in [2.75, 3.05) is 6.54 Å². The number of para-hydroxylation sites is 1. The van der Waals surface area contributed by atoms with Gasteiger partial charge >= 0.3 is 0 Å². The molecule has 0 radical (unpaired) electrons. The number of carbonyl (C=O) groups excluding carboxylic acids is 1. The molecule has 0 aliphatic heterocycles. The van der Waals surface area contributed by atoms with E-state index in [2.05, 4.69) is 11.0 Å². The van der Waals surface area contributed by atoms with Crippen LogP contribution in [0.5, 0.6) is 0 Å². The zero-order chi connectivity index (χ0) is 18.5. The Morgan fingerprint density at radius 1 is 1.19 bits per heavy atom. The van der Waals surface area contributed by atoms with Crippen molar-refractivity contribution in [1.82, 2.24) is 14.7 Å². The highest BCUT2D eigenvalue weighted by Crippen LogP contribution is 2.15. The summed E-state index contributed by atoms with van der Waals surface area (Å²) >= 11 is 0. The van der Waals surface area contributed by atoms with Crippen molar-refractivity contribution in [3.8, 4) is 18.0 Å². The van der Waals surface area contributed by atoms with Crippen molar-refractivity contribution in [3.63, 3.8) is 0 Å². The second-order valence-electron chi connectivity index (χ2n) is 5.91. The van der Waals surface area contributed by atoms with E-state index in [0.29, 0.717) is 12.2 Å². The number of carbonyl (C=O) groups is 1. The Morgan fingerprint density at radius 3 is 2.54 bits per heavy atom. The second kappa shape index (κ2) is 7.66. The van der Waals surface area contributed by atoms with E-state index in [1.54, 1.807) is 22.9 Å². The number of halogens is 1. The van der Waals surface area contributed by atoms with E-state index in [1.807, 2.05) is 37.3 Å². The van der Waals surface area contributed by atoms with Gasteiger partial charge in [-0.1, -0.05) is 36.3 Å². The van der Waals surface area contributed by atoms with Crippen LogP contribution in [0.2, 0.25) is 0 Å². The average molecular weight is 347 g/mol. The van der Waals surface area contributed by atoms with Crippen LogP contribution in [0.25, 0.3) is 5.69 Å². The molecule has 3 rings (SSSR count). The average Bonchev–Trinajstić information content (AvgIpc) is 3.05. The monoisotopic (exact) mass is 347 g/mol. The minimum Gasteiger partial charge on any atom is -0.322 e. The van der Waals surface area contributed by atoms with Crippen molar-refractivity contribution >= 4 is 5.91 Å². The van der Waals surface area contributed by atoms with Crippen molar-refractivity contribution in [3.05, 3.63) is 83.4 Å². The van der Waals surface area contributed by atoms with E-state index in [-0.39, 0.29) is 18.3 Å². The summed E-state index contributed by atoms with van der Waals surface area (Å²) in [4.78, 5) is 14.4. The zero-order valence-corrected chi connectivity index (χ0v) is 14.4. The quantitative estimate of drug-likeness (QED) is 0.662. The van der Waals surface area contributed by atoms with Gasteiger partial charge in [0.2, 0.25) is 0 Å². The number of aromatic nitrogens is 2. The van der Waals surface area contributed by atoms with Gasteiger partial charge < -0.3 is 4.90 Å². The van der Waals surface area contributed by atoms with Crippen molar-refractivity contribution in [2.24, 2.45) is 0 Å².